The number of alkyl halides is 2. The van der Waals surface area contributed by atoms with Crippen molar-refractivity contribution in [1.82, 2.24) is 15.0 Å². The Morgan fingerprint density at radius 3 is 2.42 bits per heavy atom. The minimum absolute atomic E-state index is 0.125. The molecule has 0 amide bonds. The first-order valence-electron chi connectivity index (χ1n) is 14.7. The number of ether oxygens (including phenoxy) is 2. The maximum absolute atomic E-state index is 13.1. The van der Waals surface area contributed by atoms with Gasteiger partial charge in [-0.15, -0.1) is 0 Å². The maximum atomic E-state index is 13.1. The van der Waals surface area contributed by atoms with Crippen LogP contribution < -0.4 is 5.32 Å². The summed E-state index contributed by atoms with van der Waals surface area (Å²) in [6.45, 7) is 3.18. The second-order valence-corrected chi connectivity index (χ2v) is 11.3. The molecule has 0 saturated heterocycles. The highest BCUT2D eigenvalue weighted by atomic mass is 19.3. The van der Waals surface area contributed by atoms with Gasteiger partial charge in [-0.1, -0.05) is 18.2 Å². The molecule has 2 N–H and O–H groups in total. The molecule has 0 radical (unpaired) electrons. The maximum Gasteiger partial charge on any atom is 0.340 e. The van der Waals surface area contributed by atoms with Crippen LogP contribution in [-0.4, -0.2) is 38.8 Å². The fourth-order valence-corrected chi connectivity index (χ4v) is 5.52. The minimum Gasteiger partial charge on any atom is -0.428 e. The molecule has 3 heterocycles. The van der Waals surface area contributed by atoms with Gasteiger partial charge >= 0.3 is 11.9 Å². The lowest BCUT2D eigenvalue weighted by Gasteiger charge is -2.37. The Bertz CT molecular complexity index is 1630. The van der Waals surface area contributed by atoms with Gasteiger partial charge in [-0.25, -0.2) is 23.5 Å². The average molecular weight is 617 g/mol. The molecule has 1 fully saturated rings. The van der Waals surface area contributed by atoms with Gasteiger partial charge in [0, 0.05) is 23.5 Å². The van der Waals surface area contributed by atoms with Crippen LogP contribution >= 0.6 is 0 Å². The third-order valence-corrected chi connectivity index (χ3v) is 8.10. The molecule has 3 aromatic heterocycles. The molecule has 1 saturated carbocycles. The average Bonchev–Trinajstić information content (AvgIpc) is 3.05. The lowest BCUT2D eigenvalue weighted by molar-refractivity contribution is -0.159. The summed E-state index contributed by atoms with van der Waals surface area (Å²) in [4.78, 5) is 37.9. The Morgan fingerprint density at radius 2 is 1.73 bits per heavy atom. The summed E-state index contributed by atoms with van der Waals surface area (Å²) in [5.74, 6) is -0.743. The van der Waals surface area contributed by atoms with Crippen molar-refractivity contribution < 1.29 is 33.0 Å². The van der Waals surface area contributed by atoms with Crippen LogP contribution in [0, 0.1) is 18.8 Å². The Labute approximate surface area is 259 Å². The monoisotopic (exact) mass is 616 g/mol. The summed E-state index contributed by atoms with van der Waals surface area (Å²) in [7, 11) is 0. The molecule has 0 unspecified atom stereocenters. The normalized spacial score (nSPS) is 17.7. The number of nitrogens with zero attached hydrogens (tertiary/aromatic N) is 3. The molecule has 5 rings (SSSR count). The van der Waals surface area contributed by atoms with Crippen molar-refractivity contribution >= 4 is 23.6 Å². The third kappa shape index (κ3) is 7.85. The summed E-state index contributed by atoms with van der Waals surface area (Å²) in [6, 6.07) is 18.3. The van der Waals surface area contributed by atoms with E-state index in [4.69, 9.17) is 9.47 Å². The first kappa shape index (κ1) is 31.6. The standard InChI is InChI=1S/C34H34F2N4O5/c1-21-16-27(39-30(17-21)40-29-18-24(31(35)36)14-15-37-29)25-10-13-28(38-19-25)34(2,43)26-11-8-23(9-12-26)33(42)45-20-44-32(41)22-6-4-3-5-7-22/h3-7,10,13-19,23,26,31,43H,8-9,11-12,20H2,1-2H3,(H,37,39,40)/t23-,26-,34-/m1/s1. The van der Waals surface area contributed by atoms with Gasteiger partial charge in [-0.3, -0.25) is 9.78 Å². The molecule has 1 atom stereocenters. The predicted octanol–water partition coefficient (Wildman–Crippen LogP) is 6.90. The van der Waals surface area contributed by atoms with E-state index >= 15 is 0 Å². The van der Waals surface area contributed by atoms with Crippen LogP contribution in [0.15, 0.2) is 79.1 Å². The zero-order valence-electron chi connectivity index (χ0n) is 25.0. The molecule has 9 nitrogen and oxygen atoms in total. The Hall–Kier alpha value is -4.77. The van der Waals surface area contributed by atoms with Crippen LogP contribution in [0.1, 0.15) is 66.2 Å². The Kier molecular flexibility index (Phi) is 9.77. The lowest BCUT2D eigenvalue weighted by Crippen LogP contribution is -2.37. The highest BCUT2D eigenvalue weighted by molar-refractivity contribution is 5.89. The van der Waals surface area contributed by atoms with Gasteiger partial charge in [0.05, 0.1) is 22.9 Å². The van der Waals surface area contributed by atoms with Crippen molar-refractivity contribution in [3.8, 4) is 11.3 Å². The molecule has 4 aromatic rings. The molecule has 234 valence electrons. The molecule has 0 aliphatic heterocycles. The zero-order chi connectivity index (χ0) is 32.0. The van der Waals surface area contributed by atoms with Crippen LogP contribution in [-0.2, 0) is 19.9 Å². The van der Waals surface area contributed by atoms with E-state index in [-0.39, 0.29) is 23.2 Å². The van der Waals surface area contributed by atoms with Gasteiger partial charge in [0.1, 0.15) is 17.2 Å². The van der Waals surface area contributed by atoms with E-state index in [1.165, 1.54) is 18.3 Å². The quantitative estimate of drug-likeness (QED) is 0.145. The van der Waals surface area contributed by atoms with E-state index in [0.29, 0.717) is 48.5 Å². The fourth-order valence-electron chi connectivity index (χ4n) is 5.52. The number of rotatable bonds is 10. The summed E-state index contributed by atoms with van der Waals surface area (Å²) >= 11 is 0. The van der Waals surface area contributed by atoms with E-state index < -0.39 is 30.8 Å². The van der Waals surface area contributed by atoms with Crippen LogP contribution in [0.25, 0.3) is 11.3 Å². The summed E-state index contributed by atoms with van der Waals surface area (Å²) in [6.07, 6.45) is 2.60. The van der Waals surface area contributed by atoms with E-state index in [0.717, 1.165) is 11.1 Å². The number of halogens is 2. The highest BCUT2D eigenvalue weighted by Gasteiger charge is 2.39. The largest absolute Gasteiger partial charge is 0.428 e. The minimum atomic E-state index is -2.61. The second-order valence-electron chi connectivity index (χ2n) is 11.3. The molecule has 1 aromatic carbocycles. The van der Waals surface area contributed by atoms with Crippen LogP contribution in [0.3, 0.4) is 0 Å². The number of aromatic nitrogens is 3. The molecule has 1 aliphatic rings. The predicted molar refractivity (Wildman–Crippen MR) is 163 cm³/mol. The molecule has 45 heavy (non-hydrogen) atoms. The van der Waals surface area contributed by atoms with Gasteiger partial charge < -0.3 is 19.9 Å². The number of carbonyl (C=O) groups excluding carboxylic acids is 2. The summed E-state index contributed by atoms with van der Waals surface area (Å²) < 4.78 is 36.4. The number of nitrogens with one attached hydrogen (secondary N) is 1. The smallest absolute Gasteiger partial charge is 0.340 e. The van der Waals surface area contributed by atoms with Crippen molar-refractivity contribution in [2.24, 2.45) is 11.8 Å². The van der Waals surface area contributed by atoms with E-state index in [1.54, 1.807) is 55.6 Å². The number of pyridine rings is 3. The van der Waals surface area contributed by atoms with Crippen molar-refractivity contribution in [1.29, 1.82) is 0 Å². The van der Waals surface area contributed by atoms with Crippen molar-refractivity contribution in [2.45, 2.75) is 51.6 Å². The van der Waals surface area contributed by atoms with Crippen LogP contribution in [0.5, 0.6) is 0 Å². The van der Waals surface area contributed by atoms with Crippen LogP contribution in [0.4, 0.5) is 20.4 Å². The van der Waals surface area contributed by atoms with E-state index in [1.807, 2.05) is 19.1 Å². The Morgan fingerprint density at radius 1 is 0.978 bits per heavy atom. The number of hydrogen-bond donors (Lipinski definition) is 2. The number of aryl methyl sites for hydroxylation is 1. The van der Waals surface area contributed by atoms with E-state index in [2.05, 4.69) is 20.3 Å². The second kappa shape index (κ2) is 13.9. The van der Waals surface area contributed by atoms with Crippen molar-refractivity contribution in [3.63, 3.8) is 0 Å². The summed E-state index contributed by atoms with van der Waals surface area (Å²) in [5, 5.41) is 14.5. The number of aliphatic hydroxyl groups is 1. The number of carbonyl (C=O) groups is 2. The lowest BCUT2D eigenvalue weighted by atomic mass is 9.73. The van der Waals surface area contributed by atoms with Gasteiger partial charge in [0.15, 0.2) is 0 Å². The molecular weight excluding hydrogens is 582 g/mol. The zero-order valence-corrected chi connectivity index (χ0v) is 25.0. The van der Waals surface area contributed by atoms with Crippen molar-refractivity contribution in [3.05, 3.63) is 102 Å². The fraction of sp³-hybridized carbons (Fsp3) is 0.324. The number of hydrogen-bond acceptors (Lipinski definition) is 9. The van der Waals surface area contributed by atoms with Crippen molar-refractivity contribution in [2.75, 3.05) is 12.1 Å². The highest BCUT2D eigenvalue weighted by Crippen LogP contribution is 2.41. The number of benzene rings is 1. The SMILES string of the molecule is Cc1cc(Nc2cc(C(F)F)ccn2)nc(-c2ccc([C@](C)(O)[C@H]3CC[C@H](C(=O)OCOC(=O)c4ccccc4)CC3)nc2)c1. The number of esters is 2. The molecule has 11 heteroatoms. The third-order valence-electron chi connectivity index (χ3n) is 8.10. The van der Waals surface area contributed by atoms with Gasteiger partial charge in [0.25, 0.3) is 6.43 Å². The summed E-state index contributed by atoms with van der Waals surface area (Å²) in [5.41, 5.74) is 1.75. The van der Waals surface area contributed by atoms with Gasteiger partial charge in [0.2, 0.25) is 6.79 Å². The molecular formula is C34H34F2N4O5. The first-order valence-corrected chi connectivity index (χ1v) is 14.7. The molecule has 1 aliphatic carbocycles. The Balaban J connectivity index is 1.16. The topological polar surface area (TPSA) is 124 Å². The van der Waals surface area contributed by atoms with Crippen LogP contribution in [0.2, 0.25) is 0 Å². The van der Waals surface area contributed by atoms with Gasteiger partial charge in [-0.2, -0.15) is 0 Å². The first-order chi connectivity index (χ1) is 21.6. The number of anilines is 2. The molecule has 0 spiro atoms. The van der Waals surface area contributed by atoms with Gasteiger partial charge in [-0.05, 0) is 99.5 Å². The molecule has 0 bridgehead atoms. The van der Waals surface area contributed by atoms with E-state index in [9.17, 15) is 23.5 Å².